The molecule has 19 heavy (non-hydrogen) atoms. The van der Waals surface area contributed by atoms with Crippen molar-refractivity contribution in [3.05, 3.63) is 24.4 Å². The van der Waals surface area contributed by atoms with Crippen molar-refractivity contribution in [2.24, 2.45) is 5.73 Å². The molecule has 102 valence electrons. The van der Waals surface area contributed by atoms with E-state index in [0.717, 1.165) is 23.1 Å². The van der Waals surface area contributed by atoms with Crippen molar-refractivity contribution in [3.63, 3.8) is 0 Å². The van der Waals surface area contributed by atoms with E-state index >= 15 is 0 Å². The van der Waals surface area contributed by atoms with Gasteiger partial charge in [0.2, 0.25) is 0 Å². The number of rotatable bonds is 6. The lowest BCUT2D eigenvalue weighted by Crippen LogP contribution is -2.06. The van der Waals surface area contributed by atoms with Crippen LogP contribution in [0, 0.1) is 0 Å². The molecule has 0 fully saturated rings. The molecule has 2 N–H and O–H groups in total. The van der Waals surface area contributed by atoms with E-state index in [-0.39, 0.29) is 0 Å². The first kappa shape index (κ1) is 13.4. The summed E-state index contributed by atoms with van der Waals surface area (Å²) in [5, 5.41) is 0.900. The van der Waals surface area contributed by atoms with Crippen LogP contribution in [0.15, 0.2) is 24.4 Å². The summed E-state index contributed by atoms with van der Waals surface area (Å²) in [5.74, 6) is 2.09. The van der Waals surface area contributed by atoms with E-state index in [9.17, 15) is 0 Å². The first-order valence-electron chi connectivity index (χ1n) is 6.13. The van der Waals surface area contributed by atoms with Gasteiger partial charge in [0, 0.05) is 17.6 Å². The van der Waals surface area contributed by atoms with Crippen LogP contribution in [0.25, 0.3) is 10.9 Å². The number of pyridine rings is 1. The van der Waals surface area contributed by atoms with Crippen LogP contribution in [0.3, 0.4) is 0 Å². The molecule has 0 radical (unpaired) electrons. The van der Waals surface area contributed by atoms with E-state index in [4.69, 9.17) is 19.9 Å². The molecule has 0 aliphatic heterocycles. The first-order valence-corrected chi connectivity index (χ1v) is 6.13. The molecule has 0 atom stereocenters. The molecule has 0 amide bonds. The fourth-order valence-electron chi connectivity index (χ4n) is 1.84. The third-order valence-electron chi connectivity index (χ3n) is 2.81. The minimum absolute atomic E-state index is 0.587. The Morgan fingerprint density at radius 2 is 1.84 bits per heavy atom. The maximum atomic E-state index is 5.72. The Bertz CT molecular complexity index is 558. The van der Waals surface area contributed by atoms with Gasteiger partial charge in [0.05, 0.1) is 26.3 Å². The molecule has 5 nitrogen and oxygen atoms in total. The summed E-state index contributed by atoms with van der Waals surface area (Å²) in [4.78, 5) is 4.31. The van der Waals surface area contributed by atoms with Crippen LogP contribution < -0.4 is 19.9 Å². The standard InChI is InChI=1S/C14H18N2O3/c1-17-13-8-10-11(9-14(13)18-2)16-6-4-12(10)19-7-3-5-15/h4,6,8-9H,3,5,7,15H2,1-2H3. The number of aromatic nitrogens is 1. The third kappa shape index (κ3) is 2.88. The lowest BCUT2D eigenvalue weighted by Gasteiger charge is -2.12. The van der Waals surface area contributed by atoms with Crippen molar-refractivity contribution < 1.29 is 14.2 Å². The second kappa shape index (κ2) is 6.24. The Kier molecular flexibility index (Phi) is 4.41. The predicted octanol–water partition coefficient (Wildman–Crippen LogP) is 1.98. The zero-order valence-corrected chi connectivity index (χ0v) is 11.2. The topological polar surface area (TPSA) is 66.6 Å². The number of nitrogens with zero attached hydrogens (tertiary/aromatic N) is 1. The zero-order chi connectivity index (χ0) is 13.7. The van der Waals surface area contributed by atoms with Gasteiger partial charge in [0.25, 0.3) is 0 Å². The highest BCUT2D eigenvalue weighted by Crippen LogP contribution is 2.35. The van der Waals surface area contributed by atoms with Gasteiger partial charge in [-0.25, -0.2) is 0 Å². The van der Waals surface area contributed by atoms with Crippen LogP contribution in [0.1, 0.15) is 6.42 Å². The van der Waals surface area contributed by atoms with Gasteiger partial charge in [-0.3, -0.25) is 4.98 Å². The van der Waals surface area contributed by atoms with Gasteiger partial charge in [-0.15, -0.1) is 0 Å². The molecular formula is C14H18N2O3. The number of ether oxygens (including phenoxy) is 3. The Balaban J connectivity index is 2.42. The Morgan fingerprint density at radius 3 is 2.53 bits per heavy atom. The summed E-state index contributed by atoms with van der Waals surface area (Å²) in [6.07, 6.45) is 2.53. The van der Waals surface area contributed by atoms with Gasteiger partial charge >= 0.3 is 0 Å². The van der Waals surface area contributed by atoms with Crippen molar-refractivity contribution in [3.8, 4) is 17.2 Å². The van der Waals surface area contributed by atoms with Crippen LogP contribution in [-0.2, 0) is 0 Å². The number of hydrogen-bond donors (Lipinski definition) is 1. The van der Waals surface area contributed by atoms with E-state index in [1.165, 1.54) is 0 Å². The molecule has 1 aromatic carbocycles. The summed E-state index contributed by atoms with van der Waals surface area (Å²) >= 11 is 0. The van der Waals surface area contributed by atoms with Crippen LogP contribution in [0.2, 0.25) is 0 Å². The second-order valence-electron chi connectivity index (χ2n) is 4.02. The average molecular weight is 262 g/mol. The number of nitrogens with two attached hydrogens (primary N) is 1. The Morgan fingerprint density at radius 1 is 1.11 bits per heavy atom. The summed E-state index contributed by atoms with van der Waals surface area (Å²) in [7, 11) is 3.21. The van der Waals surface area contributed by atoms with Crippen molar-refractivity contribution >= 4 is 10.9 Å². The lowest BCUT2D eigenvalue weighted by atomic mass is 10.2. The van der Waals surface area contributed by atoms with Crippen molar-refractivity contribution in [1.29, 1.82) is 0 Å². The Labute approximate surface area is 112 Å². The minimum atomic E-state index is 0.587. The molecule has 0 aliphatic carbocycles. The maximum Gasteiger partial charge on any atom is 0.162 e. The fourth-order valence-corrected chi connectivity index (χ4v) is 1.84. The molecule has 2 aromatic rings. The highest BCUT2D eigenvalue weighted by molar-refractivity contribution is 5.88. The SMILES string of the molecule is COc1cc2nccc(OCCCN)c2cc1OC. The van der Waals surface area contributed by atoms with Gasteiger partial charge in [-0.05, 0) is 25.1 Å². The Hall–Kier alpha value is -2.01. The first-order chi connectivity index (χ1) is 9.30. The molecule has 1 heterocycles. The average Bonchev–Trinajstić information content (AvgIpc) is 2.46. The highest BCUT2D eigenvalue weighted by Gasteiger charge is 2.10. The van der Waals surface area contributed by atoms with Gasteiger partial charge < -0.3 is 19.9 Å². The minimum Gasteiger partial charge on any atom is -0.493 e. The molecule has 2 rings (SSSR count). The monoisotopic (exact) mass is 262 g/mol. The van der Waals surface area contributed by atoms with Crippen LogP contribution in [-0.4, -0.2) is 32.4 Å². The molecular weight excluding hydrogens is 244 g/mol. The molecule has 0 unspecified atom stereocenters. The maximum absolute atomic E-state index is 5.72. The molecule has 0 saturated heterocycles. The summed E-state index contributed by atoms with van der Waals surface area (Å²) in [6.45, 7) is 1.20. The van der Waals surface area contributed by atoms with Gasteiger partial charge in [0.1, 0.15) is 5.75 Å². The largest absolute Gasteiger partial charge is 0.493 e. The van der Waals surface area contributed by atoms with Gasteiger partial charge in [-0.2, -0.15) is 0 Å². The van der Waals surface area contributed by atoms with Crippen molar-refractivity contribution in [2.45, 2.75) is 6.42 Å². The van der Waals surface area contributed by atoms with Gasteiger partial charge in [0.15, 0.2) is 11.5 Å². The predicted molar refractivity (Wildman–Crippen MR) is 74.0 cm³/mol. The lowest BCUT2D eigenvalue weighted by molar-refractivity contribution is 0.316. The molecule has 5 heteroatoms. The number of fused-ring (bicyclic) bond motifs is 1. The normalized spacial score (nSPS) is 10.5. The molecule has 0 saturated carbocycles. The van der Waals surface area contributed by atoms with E-state index in [1.54, 1.807) is 20.4 Å². The zero-order valence-electron chi connectivity index (χ0n) is 11.2. The molecule has 0 aliphatic rings. The van der Waals surface area contributed by atoms with Crippen molar-refractivity contribution in [2.75, 3.05) is 27.4 Å². The highest BCUT2D eigenvalue weighted by atomic mass is 16.5. The smallest absolute Gasteiger partial charge is 0.162 e. The van der Waals surface area contributed by atoms with Crippen LogP contribution in [0.4, 0.5) is 0 Å². The molecule has 0 spiro atoms. The van der Waals surface area contributed by atoms with Crippen LogP contribution in [0.5, 0.6) is 17.2 Å². The summed E-state index contributed by atoms with van der Waals surface area (Å²) in [5.41, 5.74) is 6.27. The van der Waals surface area contributed by atoms with E-state index < -0.39 is 0 Å². The number of benzene rings is 1. The quantitative estimate of drug-likeness (QED) is 0.806. The molecule has 0 bridgehead atoms. The fraction of sp³-hybridized carbons (Fsp3) is 0.357. The van der Waals surface area contributed by atoms with E-state index in [2.05, 4.69) is 4.98 Å². The van der Waals surface area contributed by atoms with Crippen LogP contribution >= 0.6 is 0 Å². The second-order valence-corrected chi connectivity index (χ2v) is 4.02. The van der Waals surface area contributed by atoms with E-state index in [1.807, 2.05) is 18.2 Å². The number of methoxy groups -OCH3 is 2. The third-order valence-corrected chi connectivity index (χ3v) is 2.81. The summed E-state index contributed by atoms with van der Waals surface area (Å²) in [6, 6.07) is 5.55. The van der Waals surface area contributed by atoms with Gasteiger partial charge in [-0.1, -0.05) is 0 Å². The number of hydrogen-bond acceptors (Lipinski definition) is 5. The molecule has 1 aromatic heterocycles. The van der Waals surface area contributed by atoms with E-state index in [0.29, 0.717) is 24.7 Å². The van der Waals surface area contributed by atoms with Crippen molar-refractivity contribution in [1.82, 2.24) is 4.98 Å². The summed E-state index contributed by atoms with van der Waals surface area (Å²) < 4.78 is 16.3.